The standard InChI is InChI=1S/C17H15NO/c1-13-6-5-7-14(10-13)11-16-12-18-17(19-16)15-8-3-2-4-9-15/h2-10,12H,11H2,1H3. The largest absolute Gasteiger partial charge is 0.441 e. The van der Waals surface area contributed by atoms with E-state index in [9.17, 15) is 0 Å². The highest BCUT2D eigenvalue weighted by atomic mass is 16.4. The zero-order valence-electron chi connectivity index (χ0n) is 10.8. The van der Waals surface area contributed by atoms with Gasteiger partial charge in [-0.3, -0.25) is 0 Å². The van der Waals surface area contributed by atoms with Crippen LogP contribution in [0, 0.1) is 6.92 Å². The molecular weight excluding hydrogens is 234 g/mol. The maximum atomic E-state index is 5.80. The molecule has 0 atom stereocenters. The summed E-state index contributed by atoms with van der Waals surface area (Å²) in [6.07, 6.45) is 2.59. The van der Waals surface area contributed by atoms with Crippen molar-refractivity contribution in [3.05, 3.63) is 77.7 Å². The number of hydrogen-bond acceptors (Lipinski definition) is 2. The van der Waals surface area contributed by atoms with E-state index < -0.39 is 0 Å². The topological polar surface area (TPSA) is 26.0 Å². The lowest BCUT2D eigenvalue weighted by Crippen LogP contribution is -1.86. The molecule has 0 N–H and O–H groups in total. The Morgan fingerprint density at radius 1 is 1.00 bits per heavy atom. The van der Waals surface area contributed by atoms with E-state index in [1.165, 1.54) is 11.1 Å². The Morgan fingerprint density at radius 3 is 2.63 bits per heavy atom. The molecule has 3 aromatic rings. The molecule has 0 saturated carbocycles. The number of hydrogen-bond donors (Lipinski definition) is 0. The van der Waals surface area contributed by atoms with Crippen molar-refractivity contribution in [2.45, 2.75) is 13.3 Å². The van der Waals surface area contributed by atoms with Crippen molar-refractivity contribution >= 4 is 0 Å². The Hall–Kier alpha value is -2.35. The number of benzene rings is 2. The molecule has 0 unspecified atom stereocenters. The first-order valence-corrected chi connectivity index (χ1v) is 6.37. The number of aryl methyl sites for hydroxylation is 1. The SMILES string of the molecule is Cc1cccc(Cc2cnc(-c3ccccc3)o2)c1. The van der Waals surface area contributed by atoms with Crippen LogP contribution in [0.25, 0.3) is 11.5 Å². The number of nitrogens with zero attached hydrogens (tertiary/aromatic N) is 1. The highest BCUT2D eigenvalue weighted by Crippen LogP contribution is 2.20. The van der Waals surface area contributed by atoms with E-state index in [0.717, 1.165) is 17.7 Å². The van der Waals surface area contributed by atoms with Crippen LogP contribution in [0.1, 0.15) is 16.9 Å². The Labute approximate surface area is 112 Å². The smallest absolute Gasteiger partial charge is 0.226 e. The summed E-state index contributed by atoms with van der Waals surface area (Å²) in [6, 6.07) is 18.4. The Kier molecular flexibility index (Phi) is 3.15. The van der Waals surface area contributed by atoms with Crippen LogP contribution in [-0.2, 0) is 6.42 Å². The average Bonchev–Trinajstić information content (AvgIpc) is 2.88. The van der Waals surface area contributed by atoms with E-state index in [1.807, 2.05) is 36.5 Å². The predicted octanol–water partition coefficient (Wildman–Crippen LogP) is 4.24. The first kappa shape index (κ1) is 11.7. The lowest BCUT2D eigenvalue weighted by molar-refractivity contribution is 0.529. The monoisotopic (exact) mass is 249 g/mol. The second kappa shape index (κ2) is 5.11. The molecule has 0 aliphatic heterocycles. The second-order valence-corrected chi connectivity index (χ2v) is 4.66. The highest BCUT2D eigenvalue weighted by molar-refractivity contribution is 5.52. The third-order valence-electron chi connectivity index (χ3n) is 3.04. The Balaban J connectivity index is 1.82. The summed E-state index contributed by atoms with van der Waals surface area (Å²) in [6.45, 7) is 2.10. The van der Waals surface area contributed by atoms with Crippen LogP contribution in [0.4, 0.5) is 0 Å². The molecule has 94 valence electrons. The minimum atomic E-state index is 0.684. The minimum absolute atomic E-state index is 0.684. The molecule has 0 spiro atoms. The summed E-state index contributed by atoms with van der Waals surface area (Å²) in [7, 11) is 0. The zero-order chi connectivity index (χ0) is 13.1. The van der Waals surface area contributed by atoms with E-state index in [0.29, 0.717) is 5.89 Å². The van der Waals surface area contributed by atoms with Crippen LogP contribution in [0.3, 0.4) is 0 Å². The van der Waals surface area contributed by atoms with Crippen molar-refractivity contribution < 1.29 is 4.42 Å². The van der Waals surface area contributed by atoms with Gasteiger partial charge in [-0.15, -0.1) is 0 Å². The molecule has 1 heterocycles. The van der Waals surface area contributed by atoms with E-state index in [-0.39, 0.29) is 0 Å². The summed E-state index contributed by atoms with van der Waals surface area (Å²) < 4.78 is 5.80. The molecule has 2 heteroatoms. The number of rotatable bonds is 3. The van der Waals surface area contributed by atoms with Gasteiger partial charge in [0.1, 0.15) is 5.76 Å². The van der Waals surface area contributed by atoms with Gasteiger partial charge in [0, 0.05) is 12.0 Å². The molecule has 2 nitrogen and oxygen atoms in total. The first-order chi connectivity index (χ1) is 9.31. The van der Waals surface area contributed by atoms with E-state index in [4.69, 9.17) is 4.42 Å². The molecule has 1 aromatic heterocycles. The molecule has 0 amide bonds. The molecule has 3 rings (SSSR count). The van der Waals surface area contributed by atoms with Gasteiger partial charge in [0.25, 0.3) is 0 Å². The van der Waals surface area contributed by atoms with Crippen molar-refractivity contribution in [2.75, 3.05) is 0 Å². The maximum absolute atomic E-state index is 5.80. The first-order valence-electron chi connectivity index (χ1n) is 6.37. The summed E-state index contributed by atoms with van der Waals surface area (Å²) in [5, 5.41) is 0. The van der Waals surface area contributed by atoms with Gasteiger partial charge in [-0.05, 0) is 24.6 Å². The van der Waals surface area contributed by atoms with Crippen LogP contribution >= 0.6 is 0 Å². The van der Waals surface area contributed by atoms with Crippen molar-refractivity contribution in [3.63, 3.8) is 0 Å². The van der Waals surface area contributed by atoms with Gasteiger partial charge in [-0.2, -0.15) is 0 Å². The molecule has 19 heavy (non-hydrogen) atoms. The predicted molar refractivity (Wildman–Crippen MR) is 75.9 cm³/mol. The van der Waals surface area contributed by atoms with Gasteiger partial charge in [0.15, 0.2) is 0 Å². The molecular formula is C17H15NO. The van der Waals surface area contributed by atoms with E-state index in [2.05, 4.69) is 36.2 Å². The molecule has 2 aromatic carbocycles. The number of oxazole rings is 1. The van der Waals surface area contributed by atoms with Crippen LogP contribution in [0.5, 0.6) is 0 Å². The lowest BCUT2D eigenvalue weighted by Gasteiger charge is -1.99. The maximum Gasteiger partial charge on any atom is 0.226 e. The van der Waals surface area contributed by atoms with Crippen molar-refractivity contribution in [1.29, 1.82) is 0 Å². The summed E-state index contributed by atoms with van der Waals surface area (Å²) >= 11 is 0. The summed E-state index contributed by atoms with van der Waals surface area (Å²) in [5.74, 6) is 1.58. The van der Waals surface area contributed by atoms with Crippen molar-refractivity contribution in [3.8, 4) is 11.5 Å². The molecule has 0 aliphatic carbocycles. The fourth-order valence-electron chi connectivity index (χ4n) is 2.13. The minimum Gasteiger partial charge on any atom is -0.441 e. The fraction of sp³-hybridized carbons (Fsp3) is 0.118. The molecule has 0 fully saturated rings. The highest BCUT2D eigenvalue weighted by Gasteiger charge is 2.06. The van der Waals surface area contributed by atoms with Gasteiger partial charge in [0.2, 0.25) is 5.89 Å². The number of aromatic nitrogens is 1. The average molecular weight is 249 g/mol. The van der Waals surface area contributed by atoms with E-state index in [1.54, 1.807) is 0 Å². The normalized spacial score (nSPS) is 10.6. The molecule has 0 radical (unpaired) electrons. The van der Waals surface area contributed by atoms with Crippen LogP contribution in [-0.4, -0.2) is 4.98 Å². The molecule has 0 bridgehead atoms. The zero-order valence-corrected chi connectivity index (χ0v) is 10.8. The molecule has 0 aliphatic rings. The molecule has 0 saturated heterocycles. The van der Waals surface area contributed by atoms with Gasteiger partial charge in [-0.1, -0.05) is 48.0 Å². The van der Waals surface area contributed by atoms with Gasteiger partial charge < -0.3 is 4.42 Å². The van der Waals surface area contributed by atoms with Gasteiger partial charge in [0.05, 0.1) is 6.20 Å². The quantitative estimate of drug-likeness (QED) is 0.694. The Morgan fingerprint density at radius 2 is 1.84 bits per heavy atom. The van der Waals surface area contributed by atoms with Crippen molar-refractivity contribution in [2.24, 2.45) is 0 Å². The van der Waals surface area contributed by atoms with Crippen LogP contribution in [0.15, 0.2) is 65.2 Å². The fourth-order valence-corrected chi connectivity index (χ4v) is 2.13. The summed E-state index contributed by atoms with van der Waals surface area (Å²) in [4.78, 5) is 4.34. The second-order valence-electron chi connectivity index (χ2n) is 4.66. The van der Waals surface area contributed by atoms with Crippen molar-refractivity contribution in [1.82, 2.24) is 4.98 Å². The van der Waals surface area contributed by atoms with Crippen LogP contribution < -0.4 is 0 Å². The lowest BCUT2D eigenvalue weighted by atomic mass is 10.1. The van der Waals surface area contributed by atoms with Gasteiger partial charge in [-0.25, -0.2) is 4.98 Å². The third kappa shape index (κ3) is 2.74. The van der Waals surface area contributed by atoms with E-state index >= 15 is 0 Å². The summed E-state index contributed by atoms with van der Waals surface area (Å²) in [5.41, 5.74) is 3.52. The van der Waals surface area contributed by atoms with Gasteiger partial charge >= 0.3 is 0 Å². The van der Waals surface area contributed by atoms with Crippen LogP contribution in [0.2, 0.25) is 0 Å². The Bertz CT molecular complexity index is 670. The third-order valence-corrected chi connectivity index (χ3v) is 3.04.